The molecule has 0 unspecified atom stereocenters. The molecule has 0 fully saturated rings. The molecule has 1 aromatic carbocycles. The number of allylic oxidation sites excluding steroid dienone is 2. The van der Waals surface area contributed by atoms with Crippen molar-refractivity contribution in [1.29, 1.82) is 0 Å². The van der Waals surface area contributed by atoms with Crippen LogP contribution in [0.2, 0.25) is 0 Å². The number of alkyl halides is 1. The van der Waals surface area contributed by atoms with Crippen LogP contribution in [-0.2, 0) is 11.3 Å². The molecule has 0 amide bonds. The Labute approximate surface area is 107 Å². The molecule has 0 aliphatic carbocycles. The van der Waals surface area contributed by atoms with Crippen LogP contribution >= 0.6 is 15.9 Å². The second kappa shape index (κ2) is 9.61. The Morgan fingerprint density at radius 2 is 1.81 bits per heavy atom. The van der Waals surface area contributed by atoms with Gasteiger partial charge in [-0.05, 0) is 24.8 Å². The number of hydrogen-bond acceptors (Lipinski definition) is 1. The van der Waals surface area contributed by atoms with Crippen LogP contribution in [0.4, 0.5) is 0 Å². The zero-order valence-electron chi connectivity index (χ0n) is 9.57. The summed E-state index contributed by atoms with van der Waals surface area (Å²) in [5.74, 6) is 0. The van der Waals surface area contributed by atoms with Crippen molar-refractivity contribution < 1.29 is 4.74 Å². The number of benzene rings is 1. The van der Waals surface area contributed by atoms with E-state index in [2.05, 4.69) is 40.2 Å². The molecule has 0 spiro atoms. The maximum absolute atomic E-state index is 5.58. The summed E-state index contributed by atoms with van der Waals surface area (Å²) in [4.78, 5) is 0. The lowest BCUT2D eigenvalue weighted by Crippen LogP contribution is -1.94. The maximum Gasteiger partial charge on any atom is 0.0716 e. The number of rotatable bonds is 8. The second-order valence-electron chi connectivity index (χ2n) is 3.63. The van der Waals surface area contributed by atoms with Gasteiger partial charge in [0.25, 0.3) is 0 Å². The van der Waals surface area contributed by atoms with E-state index in [1.165, 1.54) is 5.56 Å². The van der Waals surface area contributed by atoms with E-state index in [4.69, 9.17) is 4.74 Å². The zero-order valence-corrected chi connectivity index (χ0v) is 11.2. The highest BCUT2D eigenvalue weighted by Gasteiger charge is 1.90. The fraction of sp³-hybridized carbons (Fsp3) is 0.429. The predicted octanol–water partition coefficient (Wildman–Crippen LogP) is 4.32. The monoisotopic (exact) mass is 282 g/mol. The van der Waals surface area contributed by atoms with Gasteiger partial charge in [-0.2, -0.15) is 0 Å². The lowest BCUT2D eigenvalue weighted by molar-refractivity contribution is 0.119. The Kier molecular flexibility index (Phi) is 8.09. The minimum Gasteiger partial charge on any atom is -0.377 e. The first kappa shape index (κ1) is 13.5. The van der Waals surface area contributed by atoms with Crippen molar-refractivity contribution in [2.75, 3.05) is 11.9 Å². The zero-order chi connectivity index (χ0) is 11.5. The van der Waals surface area contributed by atoms with Gasteiger partial charge >= 0.3 is 0 Å². The second-order valence-corrected chi connectivity index (χ2v) is 4.42. The van der Waals surface area contributed by atoms with Crippen LogP contribution in [0.25, 0.3) is 0 Å². The van der Waals surface area contributed by atoms with Crippen LogP contribution in [-0.4, -0.2) is 11.9 Å². The first-order chi connectivity index (χ1) is 7.93. The van der Waals surface area contributed by atoms with E-state index in [-0.39, 0.29) is 0 Å². The van der Waals surface area contributed by atoms with Crippen molar-refractivity contribution in [2.45, 2.75) is 25.9 Å². The van der Waals surface area contributed by atoms with Crippen LogP contribution in [0.1, 0.15) is 24.8 Å². The largest absolute Gasteiger partial charge is 0.377 e. The van der Waals surface area contributed by atoms with E-state index in [9.17, 15) is 0 Å². The van der Waals surface area contributed by atoms with Gasteiger partial charge < -0.3 is 4.74 Å². The van der Waals surface area contributed by atoms with Crippen molar-refractivity contribution >= 4 is 15.9 Å². The van der Waals surface area contributed by atoms with E-state index >= 15 is 0 Å². The van der Waals surface area contributed by atoms with E-state index in [0.717, 1.165) is 37.8 Å². The number of ether oxygens (including phenoxy) is 1. The molecule has 0 saturated carbocycles. The molecule has 0 radical (unpaired) electrons. The maximum atomic E-state index is 5.58. The fourth-order valence-electron chi connectivity index (χ4n) is 1.37. The summed E-state index contributed by atoms with van der Waals surface area (Å²) in [6.45, 7) is 1.57. The summed E-state index contributed by atoms with van der Waals surface area (Å²) in [6, 6.07) is 10.3. The Hall–Kier alpha value is -0.600. The molecular weight excluding hydrogens is 264 g/mol. The third kappa shape index (κ3) is 6.81. The van der Waals surface area contributed by atoms with Gasteiger partial charge in [0.2, 0.25) is 0 Å². The molecular formula is C14H19BrO. The summed E-state index contributed by atoms with van der Waals surface area (Å²) in [7, 11) is 0. The molecule has 1 nitrogen and oxygen atoms in total. The Morgan fingerprint density at radius 3 is 2.56 bits per heavy atom. The quantitative estimate of drug-likeness (QED) is 0.392. The molecule has 2 heteroatoms. The lowest BCUT2D eigenvalue weighted by Gasteiger charge is -2.02. The van der Waals surface area contributed by atoms with E-state index in [1.54, 1.807) is 0 Å². The minimum absolute atomic E-state index is 0.728. The van der Waals surface area contributed by atoms with Gasteiger partial charge in [-0.1, -0.05) is 58.4 Å². The molecule has 88 valence electrons. The van der Waals surface area contributed by atoms with Crippen molar-refractivity contribution in [3.8, 4) is 0 Å². The number of unbranched alkanes of at least 4 members (excludes halogenated alkanes) is 1. The van der Waals surface area contributed by atoms with Crippen LogP contribution in [0.5, 0.6) is 0 Å². The van der Waals surface area contributed by atoms with Gasteiger partial charge in [-0.25, -0.2) is 0 Å². The molecule has 1 aromatic rings. The Morgan fingerprint density at radius 1 is 1.06 bits per heavy atom. The Bertz CT molecular complexity index is 282. The highest BCUT2D eigenvalue weighted by molar-refractivity contribution is 9.09. The van der Waals surface area contributed by atoms with Crippen LogP contribution in [0, 0.1) is 0 Å². The lowest BCUT2D eigenvalue weighted by atomic mass is 10.2. The van der Waals surface area contributed by atoms with Crippen molar-refractivity contribution in [1.82, 2.24) is 0 Å². The van der Waals surface area contributed by atoms with Gasteiger partial charge in [0.1, 0.15) is 0 Å². The van der Waals surface area contributed by atoms with Gasteiger partial charge in [-0.3, -0.25) is 0 Å². The van der Waals surface area contributed by atoms with Crippen LogP contribution in [0.15, 0.2) is 42.5 Å². The van der Waals surface area contributed by atoms with Crippen LogP contribution in [0.3, 0.4) is 0 Å². The summed E-state index contributed by atoms with van der Waals surface area (Å²) in [5.41, 5.74) is 1.25. The molecule has 16 heavy (non-hydrogen) atoms. The molecule has 0 bridgehead atoms. The van der Waals surface area contributed by atoms with E-state index in [0.29, 0.717) is 0 Å². The van der Waals surface area contributed by atoms with Crippen molar-refractivity contribution in [3.63, 3.8) is 0 Å². The average molecular weight is 283 g/mol. The molecule has 0 heterocycles. The van der Waals surface area contributed by atoms with E-state index in [1.807, 2.05) is 18.2 Å². The summed E-state index contributed by atoms with van der Waals surface area (Å²) in [6.07, 6.45) is 7.78. The van der Waals surface area contributed by atoms with Gasteiger partial charge in [0.15, 0.2) is 0 Å². The van der Waals surface area contributed by atoms with Crippen molar-refractivity contribution in [3.05, 3.63) is 48.0 Å². The summed E-state index contributed by atoms with van der Waals surface area (Å²) >= 11 is 3.39. The molecule has 0 saturated heterocycles. The first-order valence-electron chi connectivity index (χ1n) is 5.76. The van der Waals surface area contributed by atoms with Crippen molar-refractivity contribution in [2.24, 2.45) is 0 Å². The molecule has 0 N–H and O–H groups in total. The molecule has 0 aromatic heterocycles. The third-order valence-electron chi connectivity index (χ3n) is 2.21. The highest BCUT2D eigenvalue weighted by atomic mass is 79.9. The van der Waals surface area contributed by atoms with E-state index < -0.39 is 0 Å². The highest BCUT2D eigenvalue weighted by Crippen LogP contribution is 2.02. The average Bonchev–Trinajstić information content (AvgIpc) is 2.34. The topological polar surface area (TPSA) is 9.23 Å². The molecule has 0 aliphatic rings. The molecule has 0 aliphatic heterocycles. The van der Waals surface area contributed by atoms with Gasteiger partial charge in [-0.15, -0.1) is 0 Å². The third-order valence-corrected chi connectivity index (χ3v) is 2.67. The first-order valence-corrected chi connectivity index (χ1v) is 6.88. The Balaban J connectivity index is 1.96. The molecule has 0 atom stereocenters. The van der Waals surface area contributed by atoms with Gasteiger partial charge in [0, 0.05) is 11.9 Å². The molecule has 1 rings (SSSR count). The minimum atomic E-state index is 0.728. The number of hydrogen-bond donors (Lipinski definition) is 0. The smallest absolute Gasteiger partial charge is 0.0716 e. The number of halogens is 1. The predicted molar refractivity (Wildman–Crippen MR) is 72.9 cm³/mol. The SMILES string of the molecule is BrCC/C=C/CCCOCc1ccccc1. The summed E-state index contributed by atoms with van der Waals surface area (Å²) < 4.78 is 5.58. The fourth-order valence-corrected chi connectivity index (χ4v) is 1.63. The standard InChI is InChI=1S/C14H19BrO/c15-11-7-2-1-3-8-12-16-13-14-9-5-4-6-10-14/h1-2,4-6,9-10H,3,7-8,11-13H2/b2-1+. The van der Waals surface area contributed by atoms with Gasteiger partial charge in [0.05, 0.1) is 6.61 Å². The summed E-state index contributed by atoms with van der Waals surface area (Å²) in [5, 5.41) is 1.05. The van der Waals surface area contributed by atoms with Crippen LogP contribution < -0.4 is 0 Å². The normalized spacial score (nSPS) is 11.1.